The third-order valence-electron chi connectivity index (χ3n) is 4.86. The van der Waals surface area contributed by atoms with Crippen LogP contribution in [0.2, 0.25) is 0 Å². The first-order valence-corrected chi connectivity index (χ1v) is 11.5. The second-order valence-electron chi connectivity index (χ2n) is 7.17. The smallest absolute Gasteiger partial charge is 0.341 e. The predicted molar refractivity (Wildman–Crippen MR) is 109 cm³/mol. The number of hydrogen-bond acceptors (Lipinski definition) is 6. The Balaban J connectivity index is 1.84. The van der Waals surface area contributed by atoms with Crippen molar-refractivity contribution in [1.82, 2.24) is 0 Å². The molecule has 1 aromatic heterocycles. The monoisotopic (exact) mass is 421 g/mol. The molecular formula is C20H23NO5S2. The van der Waals surface area contributed by atoms with E-state index in [1.54, 1.807) is 12.1 Å². The topological polar surface area (TPSA) is 89.5 Å². The molecule has 3 rings (SSSR count). The maximum atomic E-state index is 12.5. The average Bonchev–Trinajstić information content (AvgIpc) is 2.97. The fourth-order valence-electron chi connectivity index (χ4n) is 3.32. The predicted octanol–water partition coefficient (Wildman–Crippen LogP) is 3.38. The molecule has 0 aliphatic heterocycles. The Kier molecular flexibility index (Phi) is 5.90. The lowest BCUT2D eigenvalue weighted by Crippen LogP contribution is -2.23. The Morgan fingerprint density at radius 3 is 2.57 bits per heavy atom. The zero-order chi connectivity index (χ0) is 20.5. The van der Waals surface area contributed by atoms with Gasteiger partial charge in [0, 0.05) is 4.88 Å². The molecule has 1 atom stereocenters. The van der Waals surface area contributed by atoms with Crippen LogP contribution in [-0.4, -0.2) is 33.2 Å². The molecule has 28 heavy (non-hydrogen) atoms. The van der Waals surface area contributed by atoms with E-state index in [9.17, 15) is 18.0 Å². The molecule has 1 N–H and O–H groups in total. The van der Waals surface area contributed by atoms with Crippen LogP contribution in [0.15, 0.2) is 29.2 Å². The number of benzene rings is 1. The number of esters is 1. The van der Waals surface area contributed by atoms with E-state index in [0.717, 1.165) is 35.3 Å². The molecule has 2 aromatic rings. The number of carbonyl (C=O) groups excluding carboxylic acids is 2. The van der Waals surface area contributed by atoms with Gasteiger partial charge in [-0.15, -0.1) is 11.3 Å². The van der Waals surface area contributed by atoms with Crippen molar-refractivity contribution in [2.45, 2.75) is 38.0 Å². The molecule has 0 unspecified atom stereocenters. The molecule has 0 saturated heterocycles. The van der Waals surface area contributed by atoms with Gasteiger partial charge < -0.3 is 10.1 Å². The highest BCUT2D eigenvalue weighted by Gasteiger charge is 2.29. The summed E-state index contributed by atoms with van der Waals surface area (Å²) in [5.41, 5.74) is 2.20. The van der Waals surface area contributed by atoms with E-state index in [0.29, 0.717) is 16.5 Å². The quantitative estimate of drug-likeness (QED) is 0.748. The summed E-state index contributed by atoms with van der Waals surface area (Å²) in [6.45, 7) is 4.00. The molecule has 1 aromatic carbocycles. The third kappa shape index (κ3) is 4.28. The van der Waals surface area contributed by atoms with Crippen LogP contribution >= 0.6 is 11.3 Å². The Bertz CT molecular complexity index is 1010. The van der Waals surface area contributed by atoms with Gasteiger partial charge in [0.2, 0.25) is 5.91 Å². The molecular weight excluding hydrogens is 398 g/mol. The lowest BCUT2D eigenvalue weighted by Gasteiger charge is -2.18. The largest absolute Gasteiger partial charge is 0.465 e. The van der Waals surface area contributed by atoms with Crippen LogP contribution in [0.5, 0.6) is 0 Å². The molecule has 0 fully saturated rings. The van der Waals surface area contributed by atoms with E-state index in [1.165, 1.54) is 30.6 Å². The van der Waals surface area contributed by atoms with Gasteiger partial charge in [-0.3, -0.25) is 4.79 Å². The van der Waals surface area contributed by atoms with Gasteiger partial charge in [0.25, 0.3) is 0 Å². The van der Waals surface area contributed by atoms with Gasteiger partial charge in [-0.1, -0.05) is 24.6 Å². The minimum absolute atomic E-state index is 0.0979. The van der Waals surface area contributed by atoms with Crippen LogP contribution < -0.4 is 5.32 Å². The minimum atomic E-state index is -3.77. The number of rotatable bonds is 5. The van der Waals surface area contributed by atoms with Crippen LogP contribution in [0.3, 0.4) is 0 Å². The fraction of sp³-hybridized carbons (Fsp3) is 0.400. The van der Waals surface area contributed by atoms with Gasteiger partial charge in [-0.05, 0) is 49.8 Å². The number of sulfone groups is 1. The van der Waals surface area contributed by atoms with E-state index >= 15 is 0 Å². The maximum Gasteiger partial charge on any atom is 0.341 e. The summed E-state index contributed by atoms with van der Waals surface area (Å²) < 4.78 is 29.9. The maximum absolute atomic E-state index is 12.5. The molecule has 0 radical (unpaired) electrons. The van der Waals surface area contributed by atoms with Crippen molar-refractivity contribution in [2.75, 3.05) is 18.2 Å². The minimum Gasteiger partial charge on any atom is -0.465 e. The van der Waals surface area contributed by atoms with Crippen molar-refractivity contribution in [1.29, 1.82) is 0 Å². The standard InChI is InChI=1S/C20H23NO5S2/c1-12-4-7-14(8-5-12)28(24,25)11-17(22)21-19-18(20(23)26-3)15-9-6-13(2)10-16(15)27-19/h4-5,7-8,13H,6,9-11H2,1-3H3,(H,21,22)/t13-/m0/s1. The number of hydrogen-bond donors (Lipinski definition) is 1. The molecule has 1 amide bonds. The van der Waals surface area contributed by atoms with Crippen LogP contribution in [0.25, 0.3) is 0 Å². The first-order valence-electron chi connectivity index (χ1n) is 9.03. The average molecular weight is 422 g/mol. The zero-order valence-corrected chi connectivity index (χ0v) is 17.7. The SMILES string of the molecule is COC(=O)c1c(NC(=O)CS(=O)(=O)c2ccc(C)cc2)sc2c1CC[C@H](C)C2. The summed E-state index contributed by atoms with van der Waals surface area (Å²) >= 11 is 1.33. The molecule has 0 spiro atoms. The zero-order valence-electron chi connectivity index (χ0n) is 16.1. The molecule has 1 aliphatic rings. The molecule has 1 heterocycles. The van der Waals surface area contributed by atoms with Crippen molar-refractivity contribution in [3.05, 3.63) is 45.8 Å². The van der Waals surface area contributed by atoms with Crippen molar-refractivity contribution in [3.63, 3.8) is 0 Å². The van der Waals surface area contributed by atoms with Gasteiger partial charge in [0.1, 0.15) is 10.8 Å². The molecule has 1 aliphatic carbocycles. The number of aryl methyl sites for hydroxylation is 1. The fourth-order valence-corrected chi connectivity index (χ4v) is 5.87. The first kappa shape index (κ1) is 20.5. The van der Waals surface area contributed by atoms with E-state index in [2.05, 4.69) is 12.2 Å². The number of anilines is 1. The van der Waals surface area contributed by atoms with Crippen molar-refractivity contribution in [3.8, 4) is 0 Å². The van der Waals surface area contributed by atoms with Crippen molar-refractivity contribution < 1.29 is 22.7 Å². The Morgan fingerprint density at radius 2 is 1.93 bits per heavy atom. The van der Waals surface area contributed by atoms with Crippen LogP contribution in [0.4, 0.5) is 5.00 Å². The van der Waals surface area contributed by atoms with Gasteiger partial charge in [-0.2, -0.15) is 0 Å². The van der Waals surface area contributed by atoms with Gasteiger partial charge in [-0.25, -0.2) is 13.2 Å². The number of methoxy groups -OCH3 is 1. The number of nitrogens with one attached hydrogen (secondary N) is 1. The number of thiophene rings is 1. The normalized spacial score (nSPS) is 16.3. The number of amides is 1. The summed E-state index contributed by atoms with van der Waals surface area (Å²) in [7, 11) is -2.47. The van der Waals surface area contributed by atoms with Crippen LogP contribution in [-0.2, 0) is 32.2 Å². The van der Waals surface area contributed by atoms with Crippen molar-refractivity contribution in [2.24, 2.45) is 5.92 Å². The van der Waals surface area contributed by atoms with Gasteiger partial charge >= 0.3 is 5.97 Å². The van der Waals surface area contributed by atoms with Crippen molar-refractivity contribution >= 4 is 38.1 Å². The second kappa shape index (κ2) is 8.05. The molecule has 0 saturated carbocycles. The molecule has 8 heteroatoms. The summed E-state index contributed by atoms with van der Waals surface area (Å²) in [4.78, 5) is 25.9. The highest BCUT2D eigenvalue weighted by Crippen LogP contribution is 2.40. The molecule has 6 nitrogen and oxygen atoms in total. The Labute approximate surface area is 168 Å². The number of carbonyl (C=O) groups is 2. The number of fused-ring (bicyclic) bond motifs is 1. The lowest BCUT2D eigenvalue weighted by molar-refractivity contribution is -0.113. The van der Waals surface area contributed by atoms with E-state index in [4.69, 9.17) is 4.74 Å². The van der Waals surface area contributed by atoms with E-state index in [1.807, 2.05) is 6.92 Å². The highest BCUT2D eigenvalue weighted by molar-refractivity contribution is 7.92. The van der Waals surface area contributed by atoms with Gasteiger partial charge in [0.05, 0.1) is 17.6 Å². The summed E-state index contributed by atoms with van der Waals surface area (Å²) in [5.74, 6) is -1.36. The summed E-state index contributed by atoms with van der Waals surface area (Å²) in [6, 6.07) is 6.36. The van der Waals surface area contributed by atoms with Crippen LogP contribution in [0.1, 0.15) is 39.7 Å². The highest BCUT2D eigenvalue weighted by atomic mass is 32.2. The summed E-state index contributed by atoms with van der Waals surface area (Å²) in [6.07, 6.45) is 2.54. The lowest BCUT2D eigenvalue weighted by atomic mass is 9.88. The van der Waals surface area contributed by atoms with E-state index < -0.39 is 27.5 Å². The molecule has 0 bridgehead atoms. The van der Waals surface area contributed by atoms with Crippen LogP contribution in [0, 0.1) is 12.8 Å². The Hall–Kier alpha value is -2.19. The second-order valence-corrected chi connectivity index (χ2v) is 10.3. The van der Waals surface area contributed by atoms with E-state index in [-0.39, 0.29) is 4.90 Å². The molecule has 150 valence electrons. The Morgan fingerprint density at radius 1 is 1.25 bits per heavy atom. The van der Waals surface area contributed by atoms with Gasteiger partial charge in [0.15, 0.2) is 9.84 Å². The summed E-state index contributed by atoms with van der Waals surface area (Å²) in [5, 5.41) is 3.01. The first-order chi connectivity index (χ1) is 13.2. The number of ether oxygens (including phenoxy) is 1. The third-order valence-corrected chi connectivity index (χ3v) is 7.66.